The first kappa shape index (κ1) is 23.6. The average molecular weight is 456 g/mol. The fourth-order valence-electron chi connectivity index (χ4n) is 3.51. The van der Waals surface area contributed by atoms with Gasteiger partial charge in [0.05, 0.1) is 26.5 Å². The van der Waals surface area contributed by atoms with E-state index in [2.05, 4.69) is 28.6 Å². The molecule has 32 heavy (non-hydrogen) atoms. The number of thiophene rings is 1. The number of ether oxygens (including phenoxy) is 2. The number of nitrogens with zero attached hydrogens (tertiary/aromatic N) is 2. The molecule has 0 aliphatic heterocycles. The van der Waals surface area contributed by atoms with Gasteiger partial charge in [0.15, 0.2) is 0 Å². The molecule has 0 unspecified atom stereocenters. The summed E-state index contributed by atoms with van der Waals surface area (Å²) in [7, 11) is 4.71. The van der Waals surface area contributed by atoms with E-state index < -0.39 is 5.97 Å². The lowest BCUT2D eigenvalue weighted by atomic mass is 10.1. The van der Waals surface area contributed by atoms with Gasteiger partial charge in [0.25, 0.3) is 0 Å². The van der Waals surface area contributed by atoms with Gasteiger partial charge in [-0.1, -0.05) is 18.2 Å². The number of carbonyl (C=O) groups excluding carboxylic acids is 2. The number of aromatic nitrogens is 1. The smallest absolute Gasteiger partial charge is 0.354 e. The summed E-state index contributed by atoms with van der Waals surface area (Å²) >= 11 is 1.72. The van der Waals surface area contributed by atoms with Crippen molar-refractivity contribution in [2.75, 3.05) is 26.1 Å². The zero-order valence-electron chi connectivity index (χ0n) is 18.8. The van der Waals surface area contributed by atoms with E-state index in [9.17, 15) is 9.59 Å². The average Bonchev–Trinajstić information content (AvgIpc) is 3.42. The van der Waals surface area contributed by atoms with Crippen molar-refractivity contribution in [3.63, 3.8) is 0 Å². The number of methoxy groups -OCH3 is 2. The predicted octanol–water partition coefficient (Wildman–Crippen LogP) is 3.95. The first-order valence-electron chi connectivity index (χ1n) is 10.3. The summed E-state index contributed by atoms with van der Waals surface area (Å²) in [4.78, 5) is 28.1. The minimum Gasteiger partial charge on any atom is -0.497 e. The second-order valence-corrected chi connectivity index (χ2v) is 8.68. The van der Waals surface area contributed by atoms with E-state index in [-0.39, 0.29) is 18.5 Å². The van der Waals surface area contributed by atoms with Crippen molar-refractivity contribution < 1.29 is 19.1 Å². The van der Waals surface area contributed by atoms with Crippen LogP contribution in [0.4, 0.5) is 5.69 Å². The van der Waals surface area contributed by atoms with Crippen molar-refractivity contribution in [2.45, 2.75) is 25.9 Å². The molecule has 2 heterocycles. The van der Waals surface area contributed by atoms with Crippen molar-refractivity contribution in [1.29, 1.82) is 0 Å². The van der Waals surface area contributed by atoms with Crippen LogP contribution in [0.3, 0.4) is 0 Å². The highest BCUT2D eigenvalue weighted by molar-refractivity contribution is 7.09. The lowest BCUT2D eigenvalue weighted by molar-refractivity contribution is -0.118. The van der Waals surface area contributed by atoms with Gasteiger partial charge in [-0.3, -0.25) is 9.69 Å². The third-order valence-electron chi connectivity index (χ3n) is 5.27. The predicted molar refractivity (Wildman–Crippen MR) is 126 cm³/mol. The number of benzene rings is 1. The molecule has 1 N–H and O–H groups in total. The van der Waals surface area contributed by atoms with Crippen LogP contribution in [0.5, 0.6) is 5.75 Å². The molecule has 8 heteroatoms. The molecular weight excluding hydrogens is 426 g/mol. The fourth-order valence-corrected chi connectivity index (χ4v) is 4.33. The van der Waals surface area contributed by atoms with E-state index in [1.807, 2.05) is 30.3 Å². The molecular formula is C24H29N3O4S. The van der Waals surface area contributed by atoms with Gasteiger partial charge in [-0.2, -0.15) is 0 Å². The highest BCUT2D eigenvalue weighted by Gasteiger charge is 2.20. The van der Waals surface area contributed by atoms with Gasteiger partial charge < -0.3 is 19.4 Å². The monoisotopic (exact) mass is 455 g/mol. The van der Waals surface area contributed by atoms with E-state index in [0.29, 0.717) is 17.9 Å². The number of nitrogens with one attached hydrogen (secondary N) is 1. The molecule has 0 radical (unpaired) electrons. The molecule has 3 rings (SSSR count). The zero-order chi connectivity index (χ0) is 23.1. The summed E-state index contributed by atoms with van der Waals surface area (Å²) in [5.74, 6) is 0.215. The Morgan fingerprint density at radius 3 is 2.56 bits per heavy atom. The van der Waals surface area contributed by atoms with Crippen LogP contribution in [0.25, 0.3) is 0 Å². The summed E-state index contributed by atoms with van der Waals surface area (Å²) in [5, 5.41) is 4.97. The fraction of sp³-hybridized carbons (Fsp3) is 0.333. The molecule has 0 aliphatic carbocycles. The van der Waals surface area contributed by atoms with E-state index in [0.717, 1.165) is 17.7 Å². The van der Waals surface area contributed by atoms with E-state index in [4.69, 9.17) is 9.47 Å². The van der Waals surface area contributed by atoms with Gasteiger partial charge in [0.1, 0.15) is 11.4 Å². The minimum absolute atomic E-state index is 0.140. The van der Waals surface area contributed by atoms with E-state index in [1.54, 1.807) is 42.3 Å². The second-order valence-electron chi connectivity index (χ2n) is 7.65. The Morgan fingerprint density at radius 2 is 1.94 bits per heavy atom. The third-order valence-corrected chi connectivity index (χ3v) is 6.17. The number of hydrogen-bond donors (Lipinski definition) is 1. The number of carbonyl (C=O) groups is 2. The summed E-state index contributed by atoms with van der Waals surface area (Å²) < 4.78 is 11.7. The van der Waals surface area contributed by atoms with Crippen LogP contribution in [0.2, 0.25) is 0 Å². The number of anilines is 1. The van der Waals surface area contributed by atoms with Crippen LogP contribution in [-0.4, -0.2) is 48.1 Å². The van der Waals surface area contributed by atoms with Gasteiger partial charge >= 0.3 is 5.97 Å². The Hall–Kier alpha value is -3.10. The molecule has 1 atom stereocenters. The Balaban J connectivity index is 1.71. The molecule has 0 saturated heterocycles. The summed E-state index contributed by atoms with van der Waals surface area (Å²) in [6.07, 6.45) is 2.56. The van der Waals surface area contributed by atoms with Gasteiger partial charge in [0.2, 0.25) is 5.91 Å². The Morgan fingerprint density at radius 1 is 1.19 bits per heavy atom. The van der Waals surface area contributed by atoms with Crippen LogP contribution < -0.4 is 10.1 Å². The Bertz CT molecular complexity index is 1030. The summed E-state index contributed by atoms with van der Waals surface area (Å²) in [5.41, 5.74) is 2.04. The molecule has 0 spiro atoms. The van der Waals surface area contributed by atoms with Gasteiger partial charge in [0, 0.05) is 30.7 Å². The molecule has 170 valence electrons. The molecule has 2 aromatic heterocycles. The number of aryl methyl sites for hydroxylation is 1. The molecule has 0 saturated carbocycles. The van der Waals surface area contributed by atoms with Crippen molar-refractivity contribution in [1.82, 2.24) is 9.47 Å². The van der Waals surface area contributed by atoms with Crippen LogP contribution in [-0.2, 0) is 29.5 Å². The first-order valence-corrected chi connectivity index (χ1v) is 11.2. The number of rotatable bonds is 10. The van der Waals surface area contributed by atoms with Gasteiger partial charge in [-0.05, 0) is 48.6 Å². The number of hydrogen-bond acceptors (Lipinski definition) is 6. The summed E-state index contributed by atoms with van der Waals surface area (Å²) in [6, 6.07) is 13.8. The van der Waals surface area contributed by atoms with Gasteiger partial charge in [-0.25, -0.2) is 4.79 Å². The molecule has 1 amide bonds. The highest BCUT2D eigenvalue weighted by atomic mass is 32.1. The molecule has 0 aliphatic rings. The zero-order valence-corrected chi connectivity index (χ0v) is 19.6. The standard InChI is InChI=1S/C24H29N3O4S/c1-17(12-21-6-5-11-32-21)27(14-18-7-9-20(30-3)10-8-18)16-23(28)25-19-13-22(24(29)31-4)26(2)15-19/h5-11,13,15,17H,12,14,16H2,1-4H3,(H,25,28)/t17-/m0/s1. The van der Waals surface area contributed by atoms with Crippen LogP contribution in [0.15, 0.2) is 54.0 Å². The highest BCUT2D eigenvalue weighted by Crippen LogP contribution is 2.19. The van der Waals surface area contributed by atoms with E-state index >= 15 is 0 Å². The maximum absolute atomic E-state index is 12.9. The number of amides is 1. The van der Waals surface area contributed by atoms with E-state index in [1.165, 1.54) is 12.0 Å². The van der Waals surface area contributed by atoms with Crippen molar-refractivity contribution >= 4 is 28.9 Å². The largest absolute Gasteiger partial charge is 0.497 e. The second kappa shape index (κ2) is 11.0. The Labute approximate surface area is 192 Å². The third kappa shape index (κ3) is 6.21. The normalized spacial score (nSPS) is 11.9. The molecule has 0 bridgehead atoms. The molecule has 0 fully saturated rings. The first-order chi connectivity index (χ1) is 15.4. The van der Waals surface area contributed by atoms with Crippen LogP contribution in [0.1, 0.15) is 27.9 Å². The van der Waals surface area contributed by atoms with Crippen molar-refractivity contribution in [2.24, 2.45) is 7.05 Å². The number of esters is 1. The lowest BCUT2D eigenvalue weighted by Gasteiger charge is -2.28. The maximum atomic E-state index is 12.9. The minimum atomic E-state index is -0.446. The lowest BCUT2D eigenvalue weighted by Crippen LogP contribution is -2.40. The van der Waals surface area contributed by atoms with Gasteiger partial charge in [-0.15, -0.1) is 11.3 Å². The van der Waals surface area contributed by atoms with Crippen LogP contribution in [0, 0.1) is 0 Å². The van der Waals surface area contributed by atoms with Crippen LogP contribution >= 0.6 is 11.3 Å². The molecule has 1 aromatic carbocycles. The maximum Gasteiger partial charge on any atom is 0.354 e. The topological polar surface area (TPSA) is 72.8 Å². The Kier molecular flexibility index (Phi) is 8.08. The van der Waals surface area contributed by atoms with Crippen molar-refractivity contribution in [3.8, 4) is 5.75 Å². The van der Waals surface area contributed by atoms with Crippen molar-refractivity contribution in [3.05, 3.63) is 70.2 Å². The quantitative estimate of drug-likeness (QED) is 0.469. The molecule has 3 aromatic rings. The SMILES string of the molecule is COC(=O)c1cc(NC(=O)CN(Cc2ccc(OC)cc2)[C@@H](C)Cc2cccs2)cn1C. The summed E-state index contributed by atoms with van der Waals surface area (Å²) in [6.45, 7) is 2.99. The molecule has 7 nitrogen and oxygen atoms in total.